The van der Waals surface area contributed by atoms with Gasteiger partial charge in [0.25, 0.3) is 5.91 Å². The van der Waals surface area contributed by atoms with E-state index in [9.17, 15) is 14.9 Å². The molecule has 0 saturated heterocycles. The van der Waals surface area contributed by atoms with Crippen molar-refractivity contribution >= 4 is 17.7 Å². The SMILES string of the molecule is N#Cc1cnn(-c2ccccc2)c1NC(=O)COC(=O)COc1ccc(Oc2ccccc2)cc1. The Kier molecular flexibility index (Phi) is 7.36. The van der Waals surface area contributed by atoms with E-state index in [1.165, 1.54) is 10.9 Å². The van der Waals surface area contributed by atoms with Crippen LogP contribution in [0.3, 0.4) is 0 Å². The Hall–Kier alpha value is -5.10. The number of carbonyl (C=O) groups is 2. The second kappa shape index (κ2) is 11.2. The first-order valence-electron chi connectivity index (χ1n) is 10.6. The molecule has 9 heteroatoms. The fourth-order valence-corrected chi connectivity index (χ4v) is 3.04. The van der Waals surface area contributed by atoms with Gasteiger partial charge in [-0.05, 0) is 48.5 Å². The van der Waals surface area contributed by atoms with Gasteiger partial charge in [0.05, 0.1) is 11.9 Å². The Bertz CT molecular complexity index is 1330. The predicted octanol–water partition coefficient (Wildman–Crippen LogP) is 4.10. The van der Waals surface area contributed by atoms with Crippen LogP contribution in [0.15, 0.2) is 91.1 Å². The molecule has 174 valence electrons. The predicted molar refractivity (Wildman–Crippen MR) is 126 cm³/mol. The first-order chi connectivity index (χ1) is 17.1. The second-order valence-corrected chi connectivity index (χ2v) is 7.15. The molecule has 9 nitrogen and oxygen atoms in total. The molecule has 0 spiro atoms. The number of amides is 1. The van der Waals surface area contributed by atoms with Crippen LogP contribution in [0.25, 0.3) is 5.69 Å². The number of carbonyl (C=O) groups excluding carboxylic acids is 2. The summed E-state index contributed by atoms with van der Waals surface area (Å²) in [5.41, 5.74) is 0.839. The molecular weight excluding hydrogens is 448 g/mol. The van der Waals surface area contributed by atoms with Gasteiger partial charge in [-0.25, -0.2) is 9.48 Å². The average Bonchev–Trinajstić information content (AvgIpc) is 3.30. The zero-order valence-corrected chi connectivity index (χ0v) is 18.5. The molecule has 1 heterocycles. The largest absolute Gasteiger partial charge is 0.482 e. The number of para-hydroxylation sites is 2. The lowest BCUT2D eigenvalue weighted by molar-refractivity contribution is -0.149. The molecule has 0 atom stereocenters. The summed E-state index contributed by atoms with van der Waals surface area (Å²) in [5, 5.41) is 16.0. The van der Waals surface area contributed by atoms with Crippen molar-refractivity contribution in [3.05, 3.63) is 96.7 Å². The topological polar surface area (TPSA) is 115 Å². The van der Waals surface area contributed by atoms with Gasteiger partial charge < -0.3 is 19.5 Å². The molecule has 1 aromatic heterocycles. The fraction of sp³-hybridized carbons (Fsp3) is 0.0769. The Morgan fingerprint density at radius 2 is 1.49 bits per heavy atom. The summed E-state index contributed by atoms with van der Waals surface area (Å²) in [7, 11) is 0. The van der Waals surface area contributed by atoms with E-state index in [1.54, 1.807) is 48.5 Å². The van der Waals surface area contributed by atoms with E-state index in [4.69, 9.17) is 14.2 Å². The van der Waals surface area contributed by atoms with E-state index < -0.39 is 18.5 Å². The Labute approximate surface area is 201 Å². The quantitative estimate of drug-likeness (QED) is 0.368. The van der Waals surface area contributed by atoms with Gasteiger partial charge in [0.15, 0.2) is 19.0 Å². The lowest BCUT2D eigenvalue weighted by Gasteiger charge is -2.10. The van der Waals surface area contributed by atoms with Gasteiger partial charge in [-0.1, -0.05) is 36.4 Å². The number of nitrogens with zero attached hydrogens (tertiary/aromatic N) is 3. The van der Waals surface area contributed by atoms with Crippen molar-refractivity contribution in [3.8, 4) is 29.0 Å². The number of rotatable bonds is 9. The first-order valence-corrected chi connectivity index (χ1v) is 10.6. The van der Waals surface area contributed by atoms with Crippen molar-refractivity contribution < 1.29 is 23.8 Å². The average molecular weight is 468 g/mol. The van der Waals surface area contributed by atoms with Crippen LogP contribution in [-0.2, 0) is 14.3 Å². The summed E-state index contributed by atoms with van der Waals surface area (Å²) >= 11 is 0. The summed E-state index contributed by atoms with van der Waals surface area (Å²) in [6.45, 7) is -0.922. The Morgan fingerprint density at radius 1 is 0.857 bits per heavy atom. The van der Waals surface area contributed by atoms with E-state index >= 15 is 0 Å². The second-order valence-electron chi connectivity index (χ2n) is 7.15. The van der Waals surface area contributed by atoms with Crippen molar-refractivity contribution in [1.82, 2.24) is 9.78 Å². The van der Waals surface area contributed by atoms with E-state index in [1.807, 2.05) is 42.5 Å². The zero-order valence-electron chi connectivity index (χ0n) is 18.5. The van der Waals surface area contributed by atoms with Gasteiger partial charge in [-0.15, -0.1) is 0 Å². The van der Waals surface area contributed by atoms with Crippen LogP contribution in [0.5, 0.6) is 17.2 Å². The normalized spacial score (nSPS) is 10.1. The van der Waals surface area contributed by atoms with Gasteiger partial charge in [-0.2, -0.15) is 10.4 Å². The van der Waals surface area contributed by atoms with Crippen LogP contribution in [0.4, 0.5) is 5.82 Å². The minimum absolute atomic E-state index is 0.177. The molecule has 1 N–H and O–H groups in total. The molecule has 0 aliphatic rings. The lowest BCUT2D eigenvalue weighted by atomic mass is 10.3. The van der Waals surface area contributed by atoms with E-state index in [0.717, 1.165) is 0 Å². The minimum atomic E-state index is -0.721. The number of nitriles is 1. The highest BCUT2D eigenvalue weighted by atomic mass is 16.6. The molecule has 0 aliphatic heterocycles. The maximum absolute atomic E-state index is 12.3. The highest BCUT2D eigenvalue weighted by Crippen LogP contribution is 2.23. The van der Waals surface area contributed by atoms with Crippen LogP contribution in [-0.4, -0.2) is 34.9 Å². The van der Waals surface area contributed by atoms with Crippen molar-refractivity contribution in [2.24, 2.45) is 0 Å². The molecular formula is C26H20N4O5. The number of aromatic nitrogens is 2. The summed E-state index contributed by atoms with van der Waals surface area (Å²) < 4.78 is 17.5. The molecule has 0 radical (unpaired) electrons. The third-order valence-electron chi connectivity index (χ3n) is 4.67. The van der Waals surface area contributed by atoms with Crippen LogP contribution >= 0.6 is 0 Å². The summed E-state index contributed by atoms with van der Waals surface area (Å²) in [5.74, 6) is 0.619. The highest BCUT2D eigenvalue weighted by Gasteiger charge is 2.16. The van der Waals surface area contributed by atoms with Gasteiger partial charge in [0, 0.05) is 0 Å². The zero-order chi connectivity index (χ0) is 24.5. The Morgan fingerprint density at radius 3 is 2.17 bits per heavy atom. The third-order valence-corrected chi connectivity index (χ3v) is 4.67. The van der Waals surface area contributed by atoms with Gasteiger partial charge in [0.2, 0.25) is 0 Å². The molecule has 3 aromatic carbocycles. The van der Waals surface area contributed by atoms with E-state index in [-0.39, 0.29) is 18.0 Å². The number of hydrogen-bond donors (Lipinski definition) is 1. The number of ether oxygens (including phenoxy) is 3. The van der Waals surface area contributed by atoms with E-state index in [2.05, 4.69) is 10.4 Å². The van der Waals surface area contributed by atoms with Crippen LogP contribution in [0, 0.1) is 11.3 Å². The van der Waals surface area contributed by atoms with Gasteiger partial charge >= 0.3 is 5.97 Å². The van der Waals surface area contributed by atoms with Crippen LogP contribution in [0.1, 0.15) is 5.56 Å². The fourth-order valence-electron chi connectivity index (χ4n) is 3.04. The van der Waals surface area contributed by atoms with Crippen molar-refractivity contribution in [1.29, 1.82) is 5.26 Å². The molecule has 4 rings (SSSR count). The molecule has 0 unspecified atom stereocenters. The first kappa shape index (κ1) is 23.1. The molecule has 0 bridgehead atoms. The molecule has 35 heavy (non-hydrogen) atoms. The molecule has 1 amide bonds. The van der Waals surface area contributed by atoms with Crippen LogP contribution < -0.4 is 14.8 Å². The van der Waals surface area contributed by atoms with Gasteiger partial charge in [-0.3, -0.25) is 4.79 Å². The summed E-state index contributed by atoms with van der Waals surface area (Å²) in [4.78, 5) is 24.4. The number of nitrogens with one attached hydrogen (secondary N) is 1. The molecule has 0 aliphatic carbocycles. The summed E-state index contributed by atoms with van der Waals surface area (Å²) in [6.07, 6.45) is 1.35. The van der Waals surface area contributed by atoms with E-state index in [0.29, 0.717) is 22.9 Å². The summed E-state index contributed by atoms with van der Waals surface area (Å²) in [6, 6.07) is 27.1. The van der Waals surface area contributed by atoms with Crippen molar-refractivity contribution in [2.75, 3.05) is 18.5 Å². The Balaban J connectivity index is 1.25. The maximum Gasteiger partial charge on any atom is 0.344 e. The van der Waals surface area contributed by atoms with Gasteiger partial charge in [0.1, 0.15) is 28.9 Å². The van der Waals surface area contributed by atoms with Crippen LogP contribution in [0.2, 0.25) is 0 Å². The number of anilines is 1. The van der Waals surface area contributed by atoms with Crippen molar-refractivity contribution in [2.45, 2.75) is 0 Å². The molecule has 4 aromatic rings. The third kappa shape index (κ3) is 6.24. The van der Waals surface area contributed by atoms with Crippen molar-refractivity contribution in [3.63, 3.8) is 0 Å². The smallest absolute Gasteiger partial charge is 0.344 e. The monoisotopic (exact) mass is 468 g/mol. The number of esters is 1. The standard InChI is InChI=1S/C26H20N4O5/c27-15-19-16-28-30(20-7-3-1-4-8-20)26(19)29-24(31)17-34-25(32)18-33-21-11-13-23(14-12-21)35-22-9-5-2-6-10-22/h1-14,16H,17-18H2,(H,29,31). The lowest BCUT2D eigenvalue weighted by Crippen LogP contribution is -2.25. The highest BCUT2D eigenvalue weighted by molar-refractivity contribution is 5.93. The molecule has 0 fully saturated rings. The maximum atomic E-state index is 12.3. The number of benzene rings is 3. The minimum Gasteiger partial charge on any atom is -0.482 e. The number of hydrogen-bond acceptors (Lipinski definition) is 7. The molecule has 0 saturated carbocycles.